The van der Waals surface area contributed by atoms with Gasteiger partial charge in [0.1, 0.15) is 11.5 Å². The molecule has 0 fully saturated rings. The maximum atomic E-state index is 5.76. The lowest BCUT2D eigenvalue weighted by Gasteiger charge is -2.11. The minimum Gasteiger partial charge on any atom is -0.493 e. The summed E-state index contributed by atoms with van der Waals surface area (Å²) in [7, 11) is 0. The first kappa shape index (κ1) is 14.6. The smallest absolute Gasteiger partial charge is 0.130 e. The molecule has 18 heavy (non-hydrogen) atoms. The van der Waals surface area contributed by atoms with Gasteiger partial charge in [0, 0.05) is 11.6 Å². The fourth-order valence-electron chi connectivity index (χ4n) is 1.56. The monoisotopic (exact) mass is 248 g/mol. The summed E-state index contributed by atoms with van der Waals surface area (Å²) in [5, 5.41) is 0. The Bertz CT molecular complexity index is 358. The van der Waals surface area contributed by atoms with Crippen molar-refractivity contribution in [2.75, 3.05) is 13.2 Å². The third-order valence-electron chi connectivity index (χ3n) is 2.73. The second kappa shape index (κ2) is 8.62. The summed E-state index contributed by atoms with van der Waals surface area (Å²) in [6, 6.07) is 5.93. The van der Waals surface area contributed by atoms with Gasteiger partial charge in [-0.1, -0.05) is 39.3 Å². The molecule has 0 atom stereocenters. The largest absolute Gasteiger partial charge is 0.493 e. The molecule has 0 unspecified atom stereocenters. The van der Waals surface area contributed by atoms with Crippen LogP contribution in [0.3, 0.4) is 0 Å². The van der Waals surface area contributed by atoms with Crippen molar-refractivity contribution in [3.05, 3.63) is 30.3 Å². The van der Waals surface area contributed by atoms with Crippen LogP contribution in [0.5, 0.6) is 11.5 Å². The highest BCUT2D eigenvalue weighted by Crippen LogP contribution is 2.26. The standard InChI is InChI=1S/C16H24O2/c1-4-7-11-17-15-10-9-14(6-3)16(13-15)18-12-8-5-2/h6,9-10,13H,3-5,7-8,11-12H2,1-2H3. The number of ether oxygens (including phenoxy) is 2. The molecule has 0 aliphatic heterocycles. The Kier molecular flexibility index (Phi) is 7.00. The molecule has 0 aromatic heterocycles. The van der Waals surface area contributed by atoms with Crippen molar-refractivity contribution in [1.29, 1.82) is 0 Å². The van der Waals surface area contributed by atoms with Gasteiger partial charge >= 0.3 is 0 Å². The van der Waals surface area contributed by atoms with Crippen LogP contribution in [0, 0.1) is 0 Å². The number of rotatable bonds is 9. The van der Waals surface area contributed by atoms with Crippen molar-refractivity contribution < 1.29 is 9.47 Å². The Morgan fingerprint density at radius 1 is 1.06 bits per heavy atom. The first-order valence-electron chi connectivity index (χ1n) is 6.83. The average Bonchev–Trinajstić information content (AvgIpc) is 2.40. The van der Waals surface area contributed by atoms with E-state index in [9.17, 15) is 0 Å². The van der Waals surface area contributed by atoms with Crippen molar-refractivity contribution in [2.45, 2.75) is 39.5 Å². The van der Waals surface area contributed by atoms with E-state index >= 15 is 0 Å². The number of hydrogen-bond donors (Lipinski definition) is 0. The van der Waals surface area contributed by atoms with E-state index in [2.05, 4.69) is 20.4 Å². The quantitative estimate of drug-likeness (QED) is 0.590. The van der Waals surface area contributed by atoms with Gasteiger partial charge in [0.05, 0.1) is 13.2 Å². The molecule has 0 radical (unpaired) electrons. The minimum absolute atomic E-state index is 0.746. The molecule has 0 spiro atoms. The van der Waals surface area contributed by atoms with Crippen molar-refractivity contribution in [1.82, 2.24) is 0 Å². The van der Waals surface area contributed by atoms with Gasteiger partial charge in [-0.25, -0.2) is 0 Å². The van der Waals surface area contributed by atoms with Gasteiger partial charge in [-0.15, -0.1) is 0 Å². The van der Waals surface area contributed by atoms with E-state index in [1.165, 1.54) is 0 Å². The molecule has 1 rings (SSSR count). The molecule has 0 bridgehead atoms. The van der Waals surface area contributed by atoms with Gasteiger partial charge in [0.15, 0.2) is 0 Å². The molecule has 0 saturated heterocycles. The molecular weight excluding hydrogens is 224 g/mol. The Morgan fingerprint density at radius 2 is 1.72 bits per heavy atom. The lowest BCUT2D eigenvalue weighted by molar-refractivity contribution is 0.294. The van der Waals surface area contributed by atoms with Crippen LogP contribution in [-0.4, -0.2) is 13.2 Å². The van der Waals surface area contributed by atoms with E-state index in [0.29, 0.717) is 0 Å². The summed E-state index contributed by atoms with van der Waals surface area (Å²) < 4.78 is 11.4. The number of unbranched alkanes of at least 4 members (excludes halogenated alkanes) is 2. The van der Waals surface area contributed by atoms with E-state index in [1.54, 1.807) is 0 Å². The first-order chi connectivity index (χ1) is 8.81. The fourth-order valence-corrected chi connectivity index (χ4v) is 1.56. The highest BCUT2D eigenvalue weighted by atomic mass is 16.5. The highest BCUT2D eigenvalue weighted by Gasteiger charge is 2.03. The van der Waals surface area contributed by atoms with Crippen molar-refractivity contribution in [2.24, 2.45) is 0 Å². The predicted octanol–water partition coefficient (Wildman–Crippen LogP) is 4.69. The molecule has 0 aliphatic carbocycles. The zero-order valence-electron chi connectivity index (χ0n) is 11.6. The van der Waals surface area contributed by atoms with E-state index in [0.717, 1.165) is 56.0 Å². The summed E-state index contributed by atoms with van der Waals surface area (Å²) in [5.41, 5.74) is 1.02. The molecule has 2 nitrogen and oxygen atoms in total. The van der Waals surface area contributed by atoms with Crippen LogP contribution < -0.4 is 9.47 Å². The molecule has 0 aliphatic rings. The molecule has 0 heterocycles. The van der Waals surface area contributed by atoms with Crippen LogP contribution in [0.4, 0.5) is 0 Å². The van der Waals surface area contributed by atoms with E-state index in [4.69, 9.17) is 9.47 Å². The lowest BCUT2D eigenvalue weighted by atomic mass is 10.2. The Labute approximate surface area is 111 Å². The maximum absolute atomic E-state index is 5.76. The maximum Gasteiger partial charge on any atom is 0.130 e. The van der Waals surface area contributed by atoms with Gasteiger partial charge in [-0.2, -0.15) is 0 Å². The number of hydrogen-bond acceptors (Lipinski definition) is 2. The Hall–Kier alpha value is -1.44. The molecule has 1 aromatic rings. The Morgan fingerprint density at radius 3 is 2.33 bits per heavy atom. The molecule has 100 valence electrons. The summed E-state index contributed by atoms with van der Waals surface area (Å²) in [5.74, 6) is 1.74. The van der Waals surface area contributed by atoms with Gasteiger partial charge in [0.2, 0.25) is 0 Å². The van der Waals surface area contributed by atoms with Crippen LogP contribution in [0.2, 0.25) is 0 Å². The summed E-state index contributed by atoms with van der Waals surface area (Å²) in [4.78, 5) is 0. The second-order valence-corrected chi connectivity index (χ2v) is 4.31. The van der Waals surface area contributed by atoms with Crippen LogP contribution in [0.15, 0.2) is 24.8 Å². The van der Waals surface area contributed by atoms with Gasteiger partial charge < -0.3 is 9.47 Å². The summed E-state index contributed by atoms with van der Waals surface area (Å²) >= 11 is 0. The minimum atomic E-state index is 0.746. The zero-order valence-corrected chi connectivity index (χ0v) is 11.6. The highest BCUT2D eigenvalue weighted by molar-refractivity contribution is 5.57. The van der Waals surface area contributed by atoms with Crippen molar-refractivity contribution >= 4 is 6.08 Å². The Balaban J connectivity index is 2.65. The summed E-state index contributed by atoms with van der Waals surface area (Å²) in [6.45, 7) is 9.62. The van der Waals surface area contributed by atoms with Gasteiger partial charge in [-0.05, 0) is 25.0 Å². The average molecular weight is 248 g/mol. The van der Waals surface area contributed by atoms with Crippen LogP contribution in [0.1, 0.15) is 45.1 Å². The van der Waals surface area contributed by atoms with Crippen molar-refractivity contribution in [3.8, 4) is 11.5 Å². The summed E-state index contributed by atoms with van der Waals surface area (Å²) in [6.07, 6.45) is 6.24. The fraction of sp³-hybridized carbons (Fsp3) is 0.500. The molecule has 0 amide bonds. The van der Waals surface area contributed by atoms with Crippen LogP contribution in [0.25, 0.3) is 6.08 Å². The molecule has 0 N–H and O–H groups in total. The lowest BCUT2D eigenvalue weighted by Crippen LogP contribution is -2.00. The normalized spacial score (nSPS) is 10.1. The van der Waals surface area contributed by atoms with E-state index in [-0.39, 0.29) is 0 Å². The van der Waals surface area contributed by atoms with Gasteiger partial charge in [-0.3, -0.25) is 0 Å². The first-order valence-corrected chi connectivity index (χ1v) is 6.83. The number of benzene rings is 1. The molecule has 0 saturated carbocycles. The van der Waals surface area contributed by atoms with Crippen LogP contribution in [-0.2, 0) is 0 Å². The SMILES string of the molecule is C=Cc1ccc(OCCCC)cc1OCCCC. The second-order valence-electron chi connectivity index (χ2n) is 4.31. The van der Waals surface area contributed by atoms with E-state index in [1.807, 2.05) is 24.3 Å². The van der Waals surface area contributed by atoms with Crippen LogP contribution >= 0.6 is 0 Å². The van der Waals surface area contributed by atoms with E-state index < -0.39 is 0 Å². The topological polar surface area (TPSA) is 18.5 Å². The van der Waals surface area contributed by atoms with Crippen molar-refractivity contribution in [3.63, 3.8) is 0 Å². The molecule has 1 aromatic carbocycles. The third kappa shape index (κ3) is 4.82. The third-order valence-corrected chi connectivity index (χ3v) is 2.73. The predicted molar refractivity (Wildman–Crippen MR) is 77.3 cm³/mol. The van der Waals surface area contributed by atoms with Gasteiger partial charge in [0.25, 0.3) is 0 Å². The molecule has 2 heteroatoms. The zero-order chi connectivity index (χ0) is 13.2. The molecular formula is C16H24O2.